The van der Waals surface area contributed by atoms with E-state index in [-0.39, 0.29) is 11.4 Å². The molecule has 0 spiro atoms. The van der Waals surface area contributed by atoms with Gasteiger partial charge in [0, 0.05) is 11.1 Å². The molecule has 1 fully saturated rings. The van der Waals surface area contributed by atoms with Crippen molar-refractivity contribution in [2.45, 2.75) is 32.2 Å². The lowest BCUT2D eigenvalue weighted by atomic mass is 9.89. The van der Waals surface area contributed by atoms with E-state index in [9.17, 15) is 4.39 Å². The van der Waals surface area contributed by atoms with Crippen molar-refractivity contribution in [1.29, 1.82) is 0 Å². The minimum atomic E-state index is -0.247. The molecule has 1 aliphatic heterocycles. The molecule has 1 atom stereocenters. The van der Waals surface area contributed by atoms with Gasteiger partial charge in [0.05, 0.1) is 7.11 Å². The fourth-order valence-electron chi connectivity index (χ4n) is 2.38. The van der Waals surface area contributed by atoms with Gasteiger partial charge in [-0.3, -0.25) is 0 Å². The van der Waals surface area contributed by atoms with E-state index >= 15 is 0 Å². The molecule has 1 aromatic rings. The first-order valence-electron chi connectivity index (χ1n) is 5.66. The van der Waals surface area contributed by atoms with Gasteiger partial charge in [-0.1, -0.05) is 0 Å². The summed E-state index contributed by atoms with van der Waals surface area (Å²) in [7, 11) is 1.61. The standard InChI is InChI=1S/C13H18FNO/c1-9-7-10(16-3)8-11(12(9)14)13(2)5-4-6-15-13/h7-8,15H,4-6H2,1-3H3. The number of hydrogen-bond acceptors (Lipinski definition) is 2. The van der Waals surface area contributed by atoms with Gasteiger partial charge in [-0.25, -0.2) is 4.39 Å². The zero-order chi connectivity index (χ0) is 11.8. The van der Waals surface area contributed by atoms with Crippen LogP contribution in [0.3, 0.4) is 0 Å². The number of aryl methyl sites for hydroxylation is 1. The molecule has 0 amide bonds. The maximum atomic E-state index is 14.1. The second kappa shape index (κ2) is 4.06. The van der Waals surface area contributed by atoms with Crippen LogP contribution in [-0.4, -0.2) is 13.7 Å². The number of ether oxygens (including phenoxy) is 1. The van der Waals surface area contributed by atoms with Gasteiger partial charge < -0.3 is 10.1 Å². The van der Waals surface area contributed by atoms with Gasteiger partial charge in [0.1, 0.15) is 11.6 Å². The van der Waals surface area contributed by atoms with Crippen molar-refractivity contribution in [2.75, 3.05) is 13.7 Å². The van der Waals surface area contributed by atoms with Gasteiger partial charge in [0.25, 0.3) is 0 Å². The van der Waals surface area contributed by atoms with Crippen molar-refractivity contribution in [3.05, 3.63) is 29.1 Å². The van der Waals surface area contributed by atoms with Gasteiger partial charge in [0.15, 0.2) is 0 Å². The molecule has 0 bridgehead atoms. The zero-order valence-corrected chi connectivity index (χ0v) is 10.1. The van der Waals surface area contributed by atoms with E-state index in [1.165, 1.54) is 0 Å². The molecule has 88 valence electrons. The Balaban J connectivity index is 2.50. The molecular formula is C13H18FNO. The van der Waals surface area contributed by atoms with Gasteiger partial charge in [0.2, 0.25) is 0 Å². The topological polar surface area (TPSA) is 21.3 Å². The van der Waals surface area contributed by atoms with Crippen LogP contribution < -0.4 is 10.1 Å². The minimum absolute atomic E-state index is 0.113. The Morgan fingerprint density at radius 3 is 2.75 bits per heavy atom. The molecule has 1 aliphatic rings. The molecule has 1 aromatic carbocycles. The van der Waals surface area contributed by atoms with E-state index in [0.29, 0.717) is 5.56 Å². The summed E-state index contributed by atoms with van der Waals surface area (Å²) in [4.78, 5) is 0. The molecule has 2 nitrogen and oxygen atoms in total. The Bertz CT molecular complexity index is 397. The highest BCUT2D eigenvalue weighted by Gasteiger charge is 2.33. The first-order chi connectivity index (χ1) is 7.57. The lowest BCUT2D eigenvalue weighted by Gasteiger charge is -2.26. The van der Waals surface area contributed by atoms with E-state index in [2.05, 4.69) is 12.2 Å². The smallest absolute Gasteiger partial charge is 0.131 e. The molecule has 0 saturated carbocycles. The summed E-state index contributed by atoms with van der Waals surface area (Å²) in [5, 5.41) is 3.37. The van der Waals surface area contributed by atoms with Crippen molar-refractivity contribution in [3.8, 4) is 5.75 Å². The molecule has 0 radical (unpaired) electrons. The van der Waals surface area contributed by atoms with Gasteiger partial charge >= 0.3 is 0 Å². The maximum absolute atomic E-state index is 14.1. The third kappa shape index (κ3) is 1.80. The Labute approximate surface area is 95.8 Å². The fraction of sp³-hybridized carbons (Fsp3) is 0.538. The van der Waals surface area contributed by atoms with Gasteiger partial charge in [-0.05, 0) is 50.9 Å². The van der Waals surface area contributed by atoms with Crippen LogP contribution in [-0.2, 0) is 5.54 Å². The molecule has 2 rings (SSSR count). The van der Waals surface area contributed by atoms with E-state index in [4.69, 9.17) is 4.74 Å². The third-order valence-corrected chi connectivity index (χ3v) is 3.43. The van der Waals surface area contributed by atoms with Crippen molar-refractivity contribution in [3.63, 3.8) is 0 Å². The summed E-state index contributed by atoms with van der Waals surface area (Å²) in [6.45, 7) is 4.78. The Morgan fingerprint density at radius 1 is 1.44 bits per heavy atom. The Morgan fingerprint density at radius 2 is 2.19 bits per heavy atom. The van der Waals surface area contributed by atoms with Crippen LogP contribution in [0, 0.1) is 12.7 Å². The SMILES string of the molecule is COc1cc(C)c(F)c(C2(C)CCCN2)c1. The molecule has 1 saturated heterocycles. The number of nitrogens with one attached hydrogen (secondary N) is 1. The number of halogens is 1. The highest BCUT2D eigenvalue weighted by atomic mass is 19.1. The zero-order valence-electron chi connectivity index (χ0n) is 10.1. The monoisotopic (exact) mass is 223 g/mol. The average Bonchev–Trinajstić information content (AvgIpc) is 2.70. The molecule has 3 heteroatoms. The average molecular weight is 223 g/mol. The van der Waals surface area contributed by atoms with E-state index in [1.807, 2.05) is 0 Å². The number of rotatable bonds is 2. The molecule has 16 heavy (non-hydrogen) atoms. The maximum Gasteiger partial charge on any atom is 0.131 e. The second-order valence-corrected chi connectivity index (χ2v) is 4.67. The Hall–Kier alpha value is -1.09. The van der Waals surface area contributed by atoms with Crippen molar-refractivity contribution in [1.82, 2.24) is 5.32 Å². The second-order valence-electron chi connectivity index (χ2n) is 4.67. The number of benzene rings is 1. The third-order valence-electron chi connectivity index (χ3n) is 3.43. The van der Waals surface area contributed by atoms with Gasteiger partial charge in [-0.15, -0.1) is 0 Å². The van der Waals surface area contributed by atoms with Crippen LogP contribution in [0.4, 0.5) is 4.39 Å². The van der Waals surface area contributed by atoms with Crippen LogP contribution in [0.5, 0.6) is 5.75 Å². The predicted molar refractivity (Wildman–Crippen MR) is 62.3 cm³/mol. The summed E-state index contributed by atoms with van der Waals surface area (Å²) in [6, 6.07) is 3.54. The predicted octanol–water partition coefficient (Wildman–Crippen LogP) is 2.74. The van der Waals surface area contributed by atoms with Crippen LogP contribution in [0.15, 0.2) is 12.1 Å². The quantitative estimate of drug-likeness (QED) is 0.832. The summed E-state index contributed by atoms with van der Waals surface area (Å²) in [5.74, 6) is 0.613. The molecule has 1 N–H and O–H groups in total. The highest BCUT2D eigenvalue weighted by Crippen LogP contribution is 2.35. The van der Waals surface area contributed by atoms with Crippen molar-refractivity contribution in [2.24, 2.45) is 0 Å². The van der Waals surface area contributed by atoms with Crippen LogP contribution in [0.25, 0.3) is 0 Å². The number of hydrogen-bond donors (Lipinski definition) is 1. The molecule has 1 unspecified atom stereocenters. The van der Waals surface area contributed by atoms with Crippen molar-refractivity contribution >= 4 is 0 Å². The number of methoxy groups -OCH3 is 1. The Kier molecular flexibility index (Phi) is 2.89. The summed E-state index contributed by atoms with van der Waals surface area (Å²) < 4.78 is 19.3. The van der Waals surface area contributed by atoms with Crippen LogP contribution in [0.2, 0.25) is 0 Å². The lowest BCUT2D eigenvalue weighted by molar-refractivity contribution is 0.390. The van der Waals surface area contributed by atoms with E-state index in [1.54, 1.807) is 26.2 Å². The van der Waals surface area contributed by atoms with Crippen molar-refractivity contribution < 1.29 is 9.13 Å². The fourth-order valence-corrected chi connectivity index (χ4v) is 2.38. The molecule has 0 aromatic heterocycles. The lowest BCUT2D eigenvalue weighted by Crippen LogP contribution is -2.34. The summed E-state index contributed by atoms with van der Waals surface area (Å²) >= 11 is 0. The molecular weight excluding hydrogens is 205 g/mol. The van der Waals surface area contributed by atoms with Crippen LogP contribution >= 0.6 is 0 Å². The van der Waals surface area contributed by atoms with E-state index in [0.717, 1.165) is 30.7 Å². The summed E-state index contributed by atoms with van der Waals surface area (Å²) in [5.41, 5.74) is 1.12. The first-order valence-corrected chi connectivity index (χ1v) is 5.66. The van der Waals surface area contributed by atoms with Gasteiger partial charge in [-0.2, -0.15) is 0 Å². The highest BCUT2D eigenvalue weighted by molar-refractivity contribution is 5.39. The van der Waals surface area contributed by atoms with Crippen LogP contribution in [0.1, 0.15) is 30.9 Å². The normalized spacial score (nSPS) is 24.8. The van der Waals surface area contributed by atoms with E-state index < -0.39 is 0 Å². The summed E-state index contributed by atoms with van der Waals surface area (Å²) in [6.07, 6.45) is 2.06. The molecule has 1 heterocycles. The largest absolute Gasteiger partial charge is 0.497 e. The minimum Gasteiger partial charge on any atom is -0.497 e. The first kappa shape index (κ1) is 11.4. The molecule has 0 aliphatic carbocycles.